The monoisotopic (exact) mass is 616 g/mol. The maximum Gasteiger partial charge on any atom is 0.302 e. The van der Waals surface area contributed by atoms with Gasteiger partial charge in [-0.05, 0) is 123 Å². The van der Waals surface area contributed by atoms with Gasteiger partial charge in [0.1, 0.15) is 6.04 Å². The highest BCUT2D eigenvalue weighted by Crippen LogP contribution is 2.68. The fourth-order valence-electron chi connectivity index (χ4n) is 10.4. The molecule has 0 aliphatic heterocycles. The highest BCUT2D eigenvalue weighted by Gasteiger charge is 2.60. The van der Waals surface area contributed by atoms with Gasteiger partial charge in [-0.3, -0.25) is 9.59 Å². The van der Waals surface area contributed by atoms with Gasteiger partial charge in [-0.1, -0.05) is 51.1 Å². The molecule has 3 N–H and O–H groups in total. The molecule has 1 amide bonds. The van der Waals surface area contributed by atoms with Crippen LogP contribution in [0.1, 0.15) is 104 Å². The third-order valence-corrected chi connectivity index (χ3v) is 12.6. The van der Waals surface area contributed by atoms with E-state index >= 15 is 0 Å². The van der Waals surface area contributed by atoms with Crippen LogP contribution in [0.3, 0.4) is 0 Å². The van der Waals surface area contributed by atoms with Gasteiger partial charge in [0.25, 0.3) is 0 Å². The lowest BCUT2D eigenvalue weighted by Gasteiger charge is -2.61. The first-order chi connectivity index (χ1) is 20.1. The minimum Gasteiger partial charge on any atom is -0.466 e. The predicted molar refractivity (Wildman–Crippen MR) is 174 cm³/mol. The zero-order chi connectivity index (χ0) is 29.9. The molecule has 10 atom stereocenters. The van der Waals surface area contributed by atoms with E-state index in [9.17, 15) is 9.59 Å². The summed E-state index contributed by atoms with van der Waals surface area (Å²) in [6.07, 6.45) is 13.6. The first-order valence-corrected chi connectivity index (χ1v) is 16.9. The van der Waals surface area contributed by atoms with Crippen molar-refractivity contribution in [2.24, 2.45) is 52.1 Å². The summed E-state index contributed by atoms with van der Waals surface area (Å²) in [5.74, 6) is 4.44. The molecular formula is C36H57ClN2O4. The van der Waals surface area contributed by atoms with Crippen molar-refractivity contribution in [3.8, 4) is 0 Å². The maximum atomic E-state index is 12.9. The Morgan fingerprint density at radius 3 is 2.47 bits per heavy atom. The van der Waals surface area contributed by atoms with E-state index in [1.807, 2.05) is 30.3 Å². The average molecular weight is 617 g/mol. The first-order valence-electron chi connectivity index (χ1n) is 16.9. The molecule has 0 bridgehead atoms. The number of fused-ring (bicyclic) bond motifs is 5. The zero-order valence-electron chi connectivity index (χ0n) is 27.0. The van der Waals surface area contributed by atoms with E-state index in [1.54, 1.807) is 0 Å². The third kappa shape index (κ3) is 7.44. The first kappa shape index (κ1) is 34.2. The van der Waals surface area contributed by atoms with Gasteiger partial charge in [-0.2, -0.15) is 0 Å². The molecule has 0 radical (unpaired) electrons. The number of benzene rings is 1. The van der Waals surface area contributed by atoms with Crippen LogP contribution in [0.15, 0.2) is 30.3 Å². The topological polar surface area (TPSA) is 90.7 Å². The number of esters is 1. The van der Waals surface area contributed by atoms with Crippen LogP contribution in [0.25, 0.3) is 0 Å². The van der Waals surface area contributed by atoms with Gasteiger partial charge in [0.15, 0.2) is 0 Å². The molecule has 0 spiro atoms. The summed E-state index contributed by atoms with van der Waals surface area (Å²) in [5, 5.41) is 3.31. The Kier molecular flexibility index (Phi) is 11.7. The van der Waals surface area contributed by atoms with E-state index in [1.165, 1.54) is 51.9 Å². The average Bonchev–Trinajstić information content (AvgIpc) is 3.33. The van der Waals surface area contributed by atoms with Crippen LogP contribution < -0.4 is 11.1 Å². The van der Waals surface area contributed by atoms with E-state index < -0.39 is 6.04 Å². The molecule has 1 aromatic rings. The summed E-state index contributed by atoms with van der Waals surface area (Å²) < 4.78 is 11.0. The van der Waals surface area contributed by atoms with Gasteiger partial charge >= 0.3 is 5.97 Å². The lowest BCUT2D eigenvalue weighted by Crippen LogP contribution is -2.56. The Hall–Kier alpha value is -1.63. The van der Waals surface area contributed by atoms with Crippen LogP contribution in [-0.2, 0) is 25.7 Å². The molecule has 7 heteroatoms. The van der Waals surface area contributed by atoms with E-state index in [4.69, 9.17) is 15.2 Å². The summed E-state index contributed by atoms with van der Waals surface area (Å²) in [4.78, 5) is 24.1. The second-order valence-electron chi connectivity index (χ2n) is 14.9. The Labute approximate surface area is 266 Å². The number of amides is 1. The molecule has 0 heterocycles. The normalized spacial score (nSPS) is 36.2. The summed E-state index contributed by atoms with van der Waals surface area (Å²) in [6.45, 7) is 10.5. The van der Waals surface area contributed by atoms with Crippen LogP contribution >= 0.6 is 12.4 Å². The van der Waals surface area contributed by atoms with Crippen LogP contribution in [0.4, 0.5) is 0 Å². The molecule has 0 unspecified atom stereocenters. The second kappa shape index (κ2) is 14.6. The molecule has 242 valence electrons. The standard InChI is InChI=1S/C36H56N2O4.ClH/c1-24(9-8-20-42-25(2)39)30-14-15-31-29-13-12-27-21-28(16-18-35(27,3)32(29)17-19-36(30,31)4)38-34(40)33(37)23-41-22-26-10-6-5-7-11-26;/h5-7,10-11,24,27-33H,8-9,12-23,37H2,1-4H3,(H,38,40);1H/t24-,27-,28+,29+,30-,31+,32+,33-,35+,36-;/m1./s1. The summed E-state index contributed by atoms with van der Waals surface area (Å²) in [5.41, 5.74) is 8.16. The number of halogens is 1. The van der Waals surface area contributed by atoms with Gasteiger partial charge < -0.3 is 20.5 Å². The van der Waals surface area contributed by atoms with Gasteiger partial charge in [-0.15, -0.1) is 12.4 Å². The van der Waals surface area contributed by atoms with Gasteiger partial charge in [0.05, 0.1) is 19.8 Å². The molecule has 1 aromatic carbocycles. The molecule has 0 aromatic heterocycles. The quantitative estimate of drug-likeness (QED) is 0.205. The smallest absolute Gasteiger partial charge is 0.302 e. The number of carbonyl (C=O) groups excluding carboxylic acids is 2. The Bertz CT molecular complexity index is 1070. The number of ether oxygens (including phenoxy) is 2. The molecule has 43 heavy (non-hydrogen) atoms. The van der Waals surface area contributed by atoms with Crippen molar-refractivity contribution in [2.45, 2.75) is 117 Å². The fourth-order valence-corrected chi connectivity index (χ4v) is 10.4. The van der Waals surface area contributed by atoms with Crippen molar-refractivity contribution >= 4 is 24.3 Å². The predicted octanol–water partition coefficient (Wildman–Crippen LogP) is 7.08. The van der Waals surface area contributed by atoms with Crippen LogP contribution in [0.2, 0.25) is 0 Å². The zero-order valence-corrected chi connectivity index (χ0v) is 27.8. The minimum absolute atomic E-state index is 0. The molecule has 4 saturated carbocycles. The van der Waals surface area contributed by atoms with Crippen LogP contribution in [-0.4, -0.2) is 37.2 Å². The Balaban J connectivity index is 0.00000423. The fraction of sp³-hybridized carbons (Fsp3) is 0.778. The molecule has 4 fully saturated rings. The summed E-state index contributed by atoms with van der Waals surface area (Å²) >= 11 is 0. The highest BCUT2D eigenvalue weighted by molar-refractivity contribution is 5.85. The number of hydrogen-bond acceptors (Lipinski definition) is 5. The van der Waals surface area contributed by atoms with Crippen molar-refractivity contribution < 1.29 is 19.1 Å². The molecule has 4 aliphatic rings. The van der Waals surface area contributed by atoms with E-state index in [0.717, 1.165) is 54.9 Å². The maximum absolute atomic E-state index is 12.9. The lowest BCUT2D eigenvalue weighted by molar-refractivity contribution is -0.141. The summed E-state index contributed by atoms with van der Waals surface area (Å²) in [6, 6.07) is 9.61. The summed E-state index contributed by atoms with van der Waals surface area (Å²) in [7, 11) is 0. The molecular weight excluding hydrogens is 560 g/mol. The van der Waals surface area contributed by atoms with E-state index in [2.05, 4.69) is 26.1 Å². The third-order valence-electron chi connectivity index (χ3n) is 12.6. The molecule has 4 aliphatic carbocycles. The molecule has 0 saturated heterocycles. The SMILES string of the molecule is CC(=O)OCCC[C@@H](C)[C@H]1CC[C@H]2[C@@H]3CC[C@@H]4C[C@@H](NC(=O)[C@H](N)COCc5ccccc5)CC[C@]4(C)[C@H]3CC[C@]12C.Cl. The highest BCUT2D eigenvalue weighted by atomic mass is 35.5. The van der Waals surface area contributed by atoms with Gasteiger partial charge in [-0.25, -0.2) is 0 Å². The molecule has 6 nitrogen and oxygen atoms in total. The largest absolute Gasteiger partial charge is 0.466 e. The second-order valence-corrected chi connectivity index (χ2v) is 14.9. The van der Waals surface area contributed by atoms with Crippen LogP contribution in [0, 0.1) is 46.3 Å². The van der Waals surface area contributed by atoms with Crippen molar-refractivity contribution in [1.29, 1.82) is 0 Å². The van der Waals surface area contributed by atoms with Crippen molar-refractivity contribution in [1.82, 2.24) is 5.32 Å². The minimum atomic E-state index is -0.631. The number of rotatable bonds is 11. The van der Waals surface area contributed by atoms with Crippen molar-refractivity contribution in [2.75, 3.05) is 13.2 Å². The van der Waals surface area contributed by atoms with Gasteiger partial charge in [0.2, 0.25) is 5.91 Å². The Morgan fingerprint density at radius 1 is 1.00 bits per heavy atom. The van der Waals surface area contributed by atoms with E-state index in [-0.39, 0.29) is 36.9 Å². The van der Waals surface area contributed by atoms with Crippen molar-refractivity contribution in [3.63, 3.8) is 0 Å². The Morgan fingerprint density at radius 2 is 1.72 bits per heavy atom. The van der Waals surface area contributed by atoms with E-state index in [0.29, 0.717) is 35.9 Å². The van der Waals surface area contributed by atoms with Crippen LogP contribution in [0.5, 0.6) is 0 Å². The number of nitrogens with one attached hydrogen (secondary N) is 1. The number of nitrogens with two attached hydrogens (primary N) is 1. The van der Waals surface area contributed by atoms with Crippen molar-refractivity contribution in [3.05, 3.63) is 35.9 Å². The molecule has 5 rings (SSSR count). The number of carbonyl (C=O) groups is 2. The number of hydrogen-bond donors (Lipinski definition) is 2. The lowest BCUT2D eigenvalue weighted by atomic mass is 9.44. The van der Waals surface area contributed by atoms with Gasteiger partial charge in [0, 0.05) is 13.0 Å².